The Kier molecular flexibility index (Phi) is 4.35. The number of hydrogen-bond acceptors (Lipinski definition) is 4. The molecule has 82 valence electrons. The van der Waals surface area contributed by atoms with Gasteiger partial charge in [0.05, 0.1) is 25.2 Å². The molecule has 3 atom stereocenters. The molecule has 1 N–H and O–H groups in total. The van der Waals surface area contributed by atoms with Gasteiger partial charge in [0.15, 0.2) is 0 Å². The van der Waals surface area contributed by atoms with Crippen LogP contribution >= 0.6 is 0 Å². The molecule has 1 rings (SSSR count). The minimum Gasteiger partial charge on any atom is -0.469 e. The van der Waals surface area contributed by atoms with Crippen molar-refractivity contribution in [2.24, 2.45) is 5.92 Å². The molecular formula is C10H18O4. The zero-order valence-electron chi connectivity index (χ0n) is 8.73. The first-order valence-electron chi connectivity index (χ1n) is 5.03. The van der Waals surface area contributed by atoms with Crippen molar-refractivity contribution >= 4 is 5.97 Å². The zero-order valence-corrected chi connectivity index (χ0v) is 8.73. The fraction of sp³-hybridized carbons (Fsp3) is 0.900. The minimum absolute atomic E-state index is 0.0426. The summed E-state index contributed by atoms with van der Waals surface area (Å²) >= 11 is 0. The third-order valence-corrected chi connectivity index (χ3v) is 2.72. The molecule has 1 heterocycles. The first kappa shape index (κ1) is 11.5. The van der Waals surface area contributed by atoms with Crippen LogP contribution < -0.4 is 0 Å². The fourth-order valence-corrected chi connectivity index (χ4v) is 1.80. The molecule has 1 aliphatic rings. The summed E-state index contributed by atoms with van der Waals surface area (Å²) in [5, 5.41) is 8.74. The van der Waals surface area contributed by atoms with E-state index in [0.717, 1.165) is 12.8 Å². The number of rotatable bonds is 4. The van der Waals surface area contributed by atoms with E-state index >= 15 is 0 Å². The predicted molar refractivity (Wildman–Crippen MR) is 50.8 cm³/mol. The topological polar surface area (TPSA) is 55.8 Å². The van der Waals surface area contributed by atoms with Crippen molar-refractivity contribution in [2.75, 3.05) is 13.7 Å². The quantitative estimate of drug-likeness (QED) is 0.683. The third-order valence-electron chi connectivity index (χ3n) is 2.72. The second-order valence-corrected chi connectivity index (χ2v) is 3.70. The first-order chi connectivity index (χ1) is 6.69. The molecule has 0 aromatic heterocycles. The summed E-state index contributed by atoms with van der Waals surface area (Å²) in [6, 6.07) is 0. The molecule has 0 aromatic rings. The Morgan fingerprint density at radius 3 is 2.93 bits per heavy atom. The average Bonchev–Trinajstić information content (AvgIpc) is 2.64. The summed E-state index contributed by atoms with van der Waals surface area (Å²) in [5.41, 5.74) is 0. The fourth-order valence-electron chi connectivity index (χ4n) is 1.80. The largest absolute Gasteiger partial charge is 0.469 e. The van der Waals surface area contributed by atoms with E-state index in [0.29, 0.717) is 6.42 Å². The van der Waals surface area contributed by atoms with Crippen molar-refractivity contribution in [3.63, 3.8) is 0 Å². The minimum atomic E-state index is -0.223. The van der Waals surface area contributed by atoms with E-state index in [9.17, 15) is 4.79 Å². The van der Waals surface area contributed by atoms with Gasteiger partial charge in [-0.2, -0.15) is 0 Å². The highest BCUT2D eigenvalue weighted by molar-refractivity contribution is 5.72. The molecule has 0 unspecified atom stereocenters. The van der Waals surface area contributed by atoms with Crippen LogP contribution in [0, 0.1) is 5.92 Å². The van der Waals surface area contributed by atoms with Crippen molar-refractivity contribution in [2.45, 2.75) is 38.4 Å². The van der Waals surface area contributed by atoms with Crippen molar-refractivity contribution in [1.29, 1.82) is 0 Å². The Bertz CT molecular complexity index is 193. The summed E-state index contributed by atoms with van der Waals surface area (Å²) in [5.74, 6) is -0.427. The molecule has 0 aliphatic carbocycles. The van der Waals surface area contributed by atoms with E-state index in [4.69, 9.17) is 9.84 Å². The molecule has 4 heteroatoms. The molecule has 0 radical (unpaired) electrons. The van der Waals surface area contributed by atoms with Gasteiger partial charge in [-0.05, 0) is 26.2 Å². The van der Waals surface area contributed by atoms with Crippen LogP contribution in [0.1, 0.15) is 26.2 Å². The van der Waals surface area contributed by atoms with Gasteiger partial charge in [0.25, 0.3) is 0 Å². The van der Waals surface area contributed by atoms with Gasteiger partial charge >= 0.3 is 5.97 Å². The van der Waals surface area contributed by atoms with Crippen LogP contribution in [0.3, 0.4) is 0 Å². The van der Waals surface area contributed by atoms with Crippen LogP contribution in [0.2, 0.25) is 0 Å². The normalized spacial score (nSPS) is 28.8. The van der Waals surface area contributed by atoms with Gasteiger partial charge < -0.3 is 14.6 Å². The number of carbonyl (C=O) groups excluding carboxylic acids is 1. The molecule has 0 amide bonds. The van der Waals surface area contributed by atoms with E-state index < -0.39 is 0 Å². The maximum atomic E-state index is 11.2. The van der Waals surface area contributed by atoms with Gasteiger partial charge in [0.1, 0.15) is 0 Å². The predicted octanol–water partition coefficient (Wildman–Crippen LogP) is 0.725. The van der Waals surface area contributed by atoms with Crippen molar-refractivity contribution in [3.8, 4) is 0 Å². The lowest BCUT2D eigenvalue weighted by molar-refractivity contribution is -0.149. The highest BCUT2D eigenvalue weighted by Crippen LogP contribution is 2.27. The van der Waals surface area contributed by atoms with Crippen molar-refractivity contribution in [3.05, 3.63) is 0 Å². The Hall–Kier alpha value is -0.610. The highest BCUT2D eigenvalue weighted by atomic mass is 16.5. The SMILES string of the molecule is COC(=O)[C@@H](C)[C@H]1CC[C@@H](CCO)O1. The lowest BCUT2D eigenvalue weighted by Crippen LogP contribution is -2.27. The van der Waals surface area contributed by atoms with E-state index in [-0.39, 0.29) is 30.7 Å². The summed E-state index contributed by atoms with van der Waals surface area (Å²) in [7, 11) is 1.39. The first-order valence-corrected chi connectivity index (χ1v) is 5.03. The van der Waals surface area contributed by atoms with Crippen molar-refractivity contribution < 1.29 is 19.4 Å². The van der Waals surface area contributed by atoms with Gasteiger partial charge in [-0.3, -0.25) is 4.79 Å². The second-order valence-electron chi connectivity index (χ2n) is 3.70. The highest BCUT2D eigenvalue weighted by Gasteiger charge is 2.32. The molecule has 4 nitrogen and oxygen atoms in total. The molecule has 1 saturated heterocycles. The maximum absolute atomic E-state index is 11.2. The van der Waals surface area contributed by atoms with Crippen LogP contribution in [-0.2, 0) is 14.3 Å². The van der Waals surface area contributed by atoms with Gasteiger partial charge in [-0.15, -0.1) is 0 Å². The van der Waals surface area contributed by atoms with Gasteiger partial charge in [0.2, 0.25) is 0 Å². The number of ether oxygens (including phenoxy) is 2. The van der Waals surface area contributed by atoms with Crippen LogP contribution in [0.15, 0.2) is 0 Å². The molecule has 1 aliphatic heterocycles. The summed E-state index contributed by atoms with van der Waals surface area (Å²) in [6.45, 7) is 1.96. The Morgan fingerprint density at radius 1 is 1.64 bits per heavy atom. The molecular weight excluding hydrogens is 184 g/mol. The number of hydrogen-bond donors (Lipinski definition) is 1. The number of esters is 1. The summed E-state index contributed by atoms with van der Waals surface area (Å²) < 4.78 is 10.3. The van der Waals surface area contributed by atoms with E-state index in [1.807, 2.05) is 6.92 Å². The van der Waals surface area contributed by atoms with Crippen LogP contribution in [0.25, 0.3) is 0 Å². The molecule has 14 heavy (non-hydrogen) atoms. The number of aliphatic hydroxyl groups excluding tert-OH is 1. The van der Waals surface area contributed by atoms with Crippen LogP contribution in [-0.4, -0.2) is 37.0 Å². The molecule has 0 saturated carbocycles. The Morgan fingerprint density at radius 2 is 2.36 bits per heavy atom. The zero-order chi connectivity index (χ0) is 10.6. The molecule has 0 bridgehead atoms. The molecule has 0 spiro atoms. The standard InChI is InChI=1S/C10H18O4/c1-7(10(12)13-2)9-4-3-8(14-9)5-6-11/h7-9,11H,3-6H2,1-2H3/t7-,8-,9+/m0/s1. The lowest BCUT2D eigenvalue weighted by Gasteiger charge is -2.17. The number of aliphatic hydroxyl groups is 1. The second kappa shape index (κ2) is 5.32. The third kappa shape index (κ3) is 2.69. The average molecular weight is 202 g/mol. The molecule has 1 fully saturated rings. The van der Waals surface area contributed by atoms with Gasteiger partial charge in [0, 0.05) is 6.61 Å². The van der Waals surface area contributed by atoms with Crippen molar-refractivity contribution in [1.82, 2.24) is 0 Å². The van der Waals surface area contributed by atoms with Crippen LogP contribution in [0.5, 0.6) is 0 Å². The van der Waals surface area contributed by atoms with Gasteiger partial charge in [-0.1, -0.05) is 0 Å². The van der Waals surface area contributed by atoms with Gasteiger partial charge in [-0.25, -0.2) is 0 Å². The monoisotopic (exact) mass is 202 g/mol. The van der Waals surface area contributed by atoms with Crippen LogP contribution in [0.4, 0.5) is 0 Å². The van der Waals surface area contributed by atoms with E-state index in [1.54, 1.807) is 0 Å². The Balaban J connectivity index is 2.37. The summed E-state index contributed by atoms with van der Waals surface area (Å²) in [6.07, 6.45) is 2.52. The Labute approximate surface area is 84.2 Å². The summed E-state index contributed by atoms with van der Waals surface area (Å²) in [4.78, 5) is 11.2. The van der Waals surface area contributed by atoms with E-state index in [1.165, 1.54) is 7.11 Å². The maximum Gasteiger partial charge on any atom is 0.311 e. The molecule has 0 aromatic carbocycles. The number of methoxy groups -OCH3 is 1. The van der Waals surface area contributed by atoms with E-state index in [2.05, 4.69) is 4.74 Å². The number of carbonyl (C=O) groups is 1. The smallest absolute Gasteiger partial charge is 0.311 e. The lowest BCUT2D eigenvalue weighted by atomic mass is 10.0.